The van der Waals surface area contributed by atoms with Gasteiger partial charge in [-0.3, -0.25) is 9.69 Å². The molecular formula is C19H21NO3. The quantitative estimate of drug-likeness (QED) is 0.861. The molecule has 0 saturated heterocycles. The molecule has 0 amide bonds. The number of aliphatic hydroxyl groups excluding tert-OH is 1. The van der Waals surface area contributed by atoms with E-state index in [1.165, 1.54) is 5.56 Å². The topological polar surface area (TPSA) is 49.8 Å². The summed E-state index contributed by atoms with van der Waals surface area (Å²) in [6.45, 7) is 1.24. The van der Waals surface area contributed by atoms with Gasteiger partial charge in [-0.2, -0.15) is 0 Å². The highest BCUT2D eigenvalue weighted by molar-refractivity contribution is 5.71. The number of esters is 1. The average Bonchev–Trinajstić information content (AvgIpc) is 2.60. The molecule has 0 saturated carbocycles. The third-order valence-electron chi connectivity index (χ3n) is 4.27. The molecule has 1 aliphatic rings. The van der Waals surface area contributed by atoms with E-state index in [0.717, 1.165) is 24.1 Å². The van der Waals surface area contributed by atoms with Crippen LogP contribution < -0.4 is 0 Å². The summed E-state index contributed by atoms with van der Waals surface area (Å²) < 4.78 is 5.35. The molecule has 1 heterocycles. The summed E-state index contributed by atoms with van der Waals surface area (Å²) in [7, 11) is 0. The maximum atomic E-state index is 12.1. The van der Waals surface area contributed by atoms with E-state index in [9.17, 15) is 9.90 Å². The van der Waals surface area contributed by atoms with Gasteiger partial charge < -0.3 is 9.84 Å². The minimum Gasteiger partial charge on any atom is -0.460 e. The Balaban J connectivity index is 1.60. The smallest absolute Gasteiger partial charge is 0.320 e. The molecule has 1 aliphatic heterocycles. The first kappa shape index (κ1) is 15.7. The maximum Gasteiger partial charge on any atom is 0.320 e. The van der Waals surface area contributed by atoms with Crippen LogP contribution in [0.2, 0.25) is 0 Å². The van der Waals surface area contributed by atoms with Crippen LogP contribution in [0, 0.1) is 0 Å². The highest BCUT2D eigenvalue weighted by Crippen LogP contribution is 2.28. The van der Waals surface area contributed by atoms with Crippen LogP contribution in [0.3, 0.4) is 0 Å². The number of ether oxygens (including phenoxy) is 1. The van der Waals surface area contributed by atoms with Crippen LogP contribution in [0.15, 0.2) is 54.6 Å². The van der Waals surface area contributed by atoms with Crippen molar-refractivity contribution in [2.45, 2.75) is 19.1 Å². The van der Waals surface area contributed by atoms with Gasteiger partial charge in [0, 0.05) is 6.54 Å². The van der Waals surface area contributed by atoms with Crippen molar-refractivity contribution in [2.24, 2.45) is 0 Å². The summed E-state index contributed by atoms with van der Waals surface area (Å²) in [6, 6.07) is 17.6. The van der Waals surface area contributed by atoms with Crippen LogP contribution in [-0.4, -0.2) is 35.7 Å². The first-order valence-electron chi connectivity index (χ1n) is 7.90. The minimum absolute atomic E-state index is 0.00295. The summed E-state index contributed by atoms with van der Waals surface area (Å²) in [5.74, 6) is -0.258. The zero-order valence-electron chi connectivity index (χ0n) is 13.0. The lowest BCUT2D eigenvalue weighted by Gasteiger charge is -2.35. The highest BCUT2D eigenvalue weighted by atomic mass is 16.5. The van der Waals surface area contributed by atoms with E-state index >= 15 is 0 Å². The largest absolute Gasteiger partial charge is 0.460 e. The Hall–Kier alpha value is -2.17. The van der Waals surface area contributed by atoms with E-state index in [1.807, 2.05) is 53.4 Å². The lowest BCUT2D eigenvalue weighted by atomic mass is 9.93. The van der Waals surface area contributed by atoms with Crippen molar-refractivity contribution in [3.63, 3.8) is 0 Å². The summed E-state index contributed by atoms with van der Waals surface area (Å²) in [4.78, 5) is 14.1. The van der Waals surface area contributed by atoms with Gasteiger partial charge in [0.15, 0.2) is 0 Å². The number of carbonyl (C=O) groups excluding carboxylic acids is 1. The third kappa shape index (κ3) is 3.78. The first-order valence-corrected chi connectivity index (χ1v) is 7.90. The molecule has 0 bridgehead atoms. The normalized spacial score (nSPS) is 17.5. The third-order valence-corrected chi connectivity index (χ3v) is 4.27. The molecule has 4 heteroatoms. The fraction of sp³-hybridized carbons (Fsp3) is 0.316. The van der Waals surface area contributed by atoms with Gasteiger partial charge in [-0.15, -0.1) is 0 Å². The van der Waals surface area contributed by atoms with Crippen molar-refractivity contribution in [3.05, 3.63) is 71.3 Å². The van der Waals surface area contributed by atoms with Crippen LogP contribution >= 0.6 is 0 Å². The van der Waals surface area contributed by atoms with Gasteiger partial charge in [0.05, 0.1) is 19.2 Å². The second-order valence-corrected chi connectivity index (χ2v) is 5.76. The van der Waals surface area contributed by atoms with E-state index in [1.54, 1.807) is 0 Å². The van der Waals surface area contributed by atoms with Crippen LogP contribution in [0.1, 0.15) is 22.7 Å². The second kappa shape index (κ2) is 7.40. The van der Waals surface area contributed by atoms with Crippen LogP contribution in [0.5, 0.6) is 0 Å². The summed E-state index contributed by atoms with van der Waals surface area (Å²) in [5.41, 5.74) is 3.33. The molecule has 3 rings (SSSR count). The van der Waals surface area contributed by atoms with Crippen molar-refractivity contribution in [3.8, 4) is 0 Å². The van der Waals surface area contributed by atoms with Gasteiger partial charge in [0.1, 0.15) is 6.61 Å². The molecule has 120 valence electrons. The van der Waals surface area contributed by atoms with Gasteiger partial charge >= 0.3 is 5.97 Å². The molecule has 1 atom stereocenters. The van der Waals surface area contributed by atoms with E-state index < -0.39 is 0 Å². The van der Waals surface area contributed by atoms with Gasteiger partial charge in [0.25, 0.3) is 0 Å². The number of benzene rings is 2. The highest BCUT2D eigenvalue weighted by Gasteiger charge is 2.28. The van der Waals surface area contributed by atoms with Gasteiger partial charge in [-0.25, -0.2) is 0 Å². The monoisotopic (exact) mass is 311 g/mol. The fourth-order valence-corrected chi connectivity index (χ4v) is 3.06. The SMILES string of the molecule is O=C(CN1CCc2ccccc2C1CO)OCc1ccccc1. The number of fused-ring (bicyclic) bond motifs is 1. The Morgan fingerprint density at radius 1 is 1.13 bits per heavy atom. The molecule has 0 aromatic heterocycles. The lowest BCUT2D eigenvalue weighted by Crippen LogP contribution is -2.41. The zero-order valence-corrected chi connectivity index (χ0v) is 13.0. The molecule has 23 heavy (non-hydrogen) atoms. The van der Waals surface area contributed by atoms with E-state index in [-0.39, 0.29) is 31.8 Å². The number of hydrogen-bond donors (Lipinski definition) is 1. The van der Waals surface area contributed by atoms with Crippen molar-refractivity contribution in [1.29, 1.82) is 0 Å². The molecular weight excluding hydrogens is 290 g/mol. The van der Waals surface area contributed by atoms with E-state index in [2.05, 4.69) is 6.07 Å². The number of carbonyl (C=O) groups is 1. The van der Waals surface area contributed by atoms with Crippen molar-refractivity contribution in [1.82, 2.24) is 4.90 Å². The molecule has 0 radical (unpaired) electrons. The predicted molar refractivity (Wildman–Crippen MR) is 87.8 cm³/mol. The Morgan fingerprint density at radius 3 is 2.65 bits per heavy atom. The lowest BCUT2D eigenvalue weighted by molar-refractivity contribution is -0.147. The van der Waals surface area contributed by atoms with Crippen LogP contribution in [0.25, 0.3) is 0 Å². The van der Waals surface area contributed by atoms with Crippen molar-refractivity contribution >= 4 is 5.97 Å². The molecule has 4 nitrogen and oxygen atoms in total. The van der Waals surface area contributed by atoms with E-state index in [4.69, 9.17) is 4.74 Å². The molecule has 2 aromatic rings. The first-order chi connectivity index (χ1) is 11.3. The number of hydrogen-bond acceptors (Lipinski definition) is 4. The van der Waals surface area contributed by atoms with Crippen LogP contribution in [-0.2, 0) is 22.6 Å². The standard InChI is InChI=1S/C19H21NO3/c21-13-18-17-9-5-4-8-16(17)10-11-20(18)12-19(22)23-14-15-6-2-1-3-7-15/h1-9,18,21H,10-14H2. The predicted octanol–water partition coefficient (Wildman–Crippen LogP) is 2.32. The number of rotatable bonds is 5. The molecule has 0 fully saturated rings. The molecule has 2 aromatic carbocycles. The number of aliphatic hydroxyl groups is 1. The Bertz CT molecular complexity index is 657. The molecule has 1 N–H and O–H groups in total. The van der Waals surface area contributed by atoms with Gasteiger partial charge in [0.2, 0.25) is 0 Å². The summed E-state index contributed by atoms with van der Waals surface area (Å²) in [5, 5.41) is 9.74. The van der Waals surface area contributed by atoms with Crippen molar-refractivity contribution < 1.29 is 14.6 Å². The van der Waals surface area contributed by atoms with Gasteiger partial charge in [-0.05, 0) is 23.1 Å². The fourth-order valence-electron chi connectivity index (χ4n) is 3.06. The summed E-state index contributed by atoms with van der Waals surface area (Å²) in [6.07, 6.45) is 0.888. The van der Waals surface area contributed by atoms with E-state index in [0.29, 0.717) is 0 Å². The second-order valence-electron chi connectivity index (χ2n) is 5.76. The number of nitrogens with zero attached hydrogens (tertiary/aromatic N) is 1. The zero-order chi connectivity index (χ0) is 16.1. The molecule has 1 unspecified atom stereocenters. The van der Waals surface area contributed by atoms with Gasteiger partial charge in [-0.1, -0.05) is 54.6 Å². The van der Waals surface area contributed by atoms with Crippen LogP contribution in [0.4, 0.5) is 0 Å². The minimum atomic E-state index is -0.258. The Labute approximate surface area is 136 Å². The maximum absolute atomic E-state index is 12.1. The average molecular weight is 311 g/mol. The molecule has 0 aliphatic carbocycles. The van der Waals surface area contributed by atoms with Crippen molar-refractivity contribution in [2.75, 3.05) is 19.7 Å². The Kier molecular flexibility index (Phi) is 5.05. The molecule has 0 spiro atoms. The summed E-state index contributed by atoms with van der Waals surface area (Å²) >= 11 is 0. The Morgan fingerprint density at radius 2 is 1.87 bits per heavy atom.